The van der Waals surface area contributed by atoms with Crippen LogP contribution in [0.1, 0.15) is 60.8 Å². The van der Waals surface area contributed by atoms with Crippen molar-refractivity contribution in [2.75, 3.05) is 6.54 Å². The first-order valence-electron chi connectivity index (χ1n) is 7.95. The molecule has 2 aromatic heterocycles. The molecule has 1 fully saturated rings. The molecule has 0 aliphatic heterocycles. The molecule has 3 rings (SSSR count). The summed E-state index contributed by atoms with van der Waals surface area (Å²) >= 11 is 1.51. The van der Waals surface area contributed by atoms with Gasteiger partial charge < -0.3 is 11.1 Å². The summed E-state index contributed by atoms with van der Waals surface area (Å²) in [6.07, 6.45) is 4.26. The summed E-state index contributed by atoms with van der Waals surface area (Å²) in [6.45, 7) is 4.77. The van der Waals surface area contributed by atoms with Crippen molar-refractivity contribution in [1.29, 1.82) is 0 Å². The lowest BCUT2D eigenvalue weighted by atomic mass is 9.98. The van der Waals surface area contributed by atoms with E-state index in [1.54, 1.807) is 0 Å². The molecule has 0 bridgehead atoms. The molecule has 2 heterocycles. The average molecular weight is 320 g/mol. The van der Waals surface area contributed by atoms with Gasteiger partial charge in [0.25, 0.3) is 5.91 Å². The molecule has 0 aromatic carbocycles. The van der Waals surface area contributed by atoms with Crippen LogP contribution in [0.4, 0.5) is 0 Å². The first-order chi connectivity index (χ1) is 10.5. The van der Waals surface area contributed by atoms with Crippen LogP contribution in [-0.4, -0.2) is 27.8 Å². The maximum absolute atomic E-state index is 12.6. The third-order valence-corrected chi connectivity index (χ3v) is 5.84. The van der Waals surface area contributed by atoms with E-state index in [9.17, 15) is 4.79 Å². The van der Waals surface area contributed by atoms with Gasteiger partial charge >= 0.3 is 0 Å². The normalized spacial score (nSPS) is 17.5. The van der Waals surface area contributed by atoms with Crippen molar-refractivity contribution in [3.63, 3.8) is 0 Å². The molecule has 1 amide bonds. The minimum Gasteiger partial charge on any atom is -0.345 e. The molecular weight excluding hydrogens is 296 g/mol. The highest BCUT2D eigenvalue weighted by Crippen LogP contribution is 2.33. The van der Waals surface area contributed by atoms with Gasteiger partial charge in [0.15, 0.2) is 0 Å². The zero-order chi connectivity index (χ0) is 15.9. The van der Waals surface area contributed by atoms with E-state index < -0.39 is 0 Å². The number of nitrogens with two attached hydrogens (primary N) is 1. The smallest absolute Gasteiger partial charge is 0.261 e. The van der Waals surface area contributed by atoms with Gasteiger partial charge in [-0.3, -0.25) is 9.48 Å². The van der Waals surface area contributed by atoms with Crippen molar-refractivity contribution in [3.8, 4) is 0 Å². The van der Waals surface area contributed by atoms with E-state index in [4.69, 9.17) is 5.73 Å². The Morgan fingerprint density at radius 3 is 2.77 bits per heavy atom. The van der Waals surface area contributed by atoms with Crippen molar-refractivity contribution in [3.05, 3.63) is 16.6 Å². The lowest BCUT2D eigenvalue weighted by molar-refractivity contribution is 0.0907. The van der Waals surface area contributed by atoms with Crippen LogP contribution >= 0.6 is 11.3 Å². The SMILES string of the molecule is CC(C)c1nn(C)c2sc(C(=O)NC3(CN)CCCC3)cc12. The van der Waals surface area contributed by atoms with Gasteiger partial charge in [0.2, 0.25) is 0 Å². The monoisotopic (exact) mass is 320 g/mol. The zero-order valence-electron chi connectivity index (χ0n) is 13.5. The van der Waals surface area contributed by atoms with Gasteiger partial charge in [-0.25, -0.2) is 0 Å². The van der Waals surface area contributed by atoms with Gasteiger partial charge in [-0.15, -0.1) is 11.3 Å². The summed E-state index contributed by atoms with van der Waals surface area (Å²) in [6, 6.07) is 1.98. The van der Waals surface area contributed by atoms with Crippen LogP contribution in [0.15, 0.2) is 6.07 Å². The van der Waals surface area contributed by atoms with E-state index in [0.717, 1.165) is 46.5 Å². The maximum Gasteiger partial charge on any atom is 0.261 e. The fraction of sp³-hybridized carbons (Fsp3) is 0.625. The molecule has 120 valence electrons. The number of hydrogen-bond donors (Lipinski definition) is 2. The predicted octanol–water partition coefficient (Wildman–Crippen LogP) is 2.76. The third kappa shape index (κ3) is 2.54. The van der Waals surface area contributed by atoms with Gasteiger partial charge in [-0.05, 0) is 24.8 Å². The number of carbonyl (C=O) groups is 1. The number of nitrogens with zero attached hydrogens (tertiary/aromatic N) is 2. The van der Waals surface area contributed by atoms with Gasteiger partial charge in [0, 0.05) is 19.0 Å². The summed E-state index contributed by atoms with van der Waals surface area (Å²) < 4.78 is 1.88. The van der Waals surface area contributed by atoms with Crippen LogP contribution in [0.25, 0.3) is 10.2 Å². The molecule has 3 N–H and O–H groups in total. The van der Waals surface area contributed by atoms with Crippen molar-refractivity contribution in [1.82, 2.24) is 15.1 Å². The average Bonchev–Trinajstić information content (AvgIpc) is 3.16. The van der Waals surface area contributed by atoms with Gasteiger partial charge in [0.1, 0.15) is 4.83 Å². The number of nitrogens with one attached hydrogen (secondary N) is 1. The van der Waals surface area contributed by atoms with Crippen molar-refractivity contribution >= 4 is 27.5 Å². The molecular formula is C16H24N4OS. The molecule has 0 unspecified atom stereocenters. The van der Waals surface area contributed by atoms with Crippen molar-refractivity contribution in [2.24, 2.45) is 12.8 Å². The number of fused-ring (bicyclic) bond motifs is 1. The Morgan fingerprint density at radius 1 is 1.50 bits per heavy atom. The Hall–Kier alpha value is -1.40. The van der Waals surface area contributed by atoms with Crippen molar-refractivity contribution in [2.45, 2.75) is 51.0 Å². The fourth-order valence-electron chi connectivity index (χ4n) is 3.34. The Kier molecular flexibility index (Phi) is 3.99. The first kappa shape index (κ1) is 15.5. The van der Waals surface area contributed by atoms with E-state index in [1.807, 2.05) is 17.8 Å². The van der Waals surface area contributed by atoms with Crippen LogP contribution < -0.4 is 11.1 Å². The molecule has 2 aromatic rings. The highest BCUT2D eigenvalue weighted by atomic mass is 32.1. The number of aromatic nitrogens is 2. The summed E-state index contributed by atoms with van der Waals surface area (Å²) in [5, 5.41) is 8.85. The van der Waals surface area contributed by atoms with Crippen molar-refractivity contribution < 1.29 is 4.79 Å². The minimum atomic E-state index is -0.202. The molecule has 0 spiro atoms. The Labute approximate surface area is 134 Å². The number of aryl methyl sites for hydroxylation is 1. The molecule has 0 radical (unpaired) electrons. The van der Waals surface area contributed by atoms with Crippen LogP contribution in [0.2, 0.25) is 0 Å². The Morgan fingerprint density at radius 2 is 2.18 bits per heavy atom. The summed E-state index contributed by atoms with van der Waals surface area (Å²) in [5.41, 5.74) is 6.77. The van der Waals surface area contributed by atoms with Crippen LogP contribution in [0.5, 0.6) is 0 Å². The molecule has 1 aliphatic rings. The highest BCUT2D eigenvalue weighted by molar-refractivity contribution is 7.20. The maximum atomic E-state index is 12.6. The van der Waals surface area contributed by atoms with E-state index in [1.165, 1.54) is 11.3 Å². The molecule has 1 aliphatic carbocycles. The molecule has 6 heteroatoms. The lowest BCUT2D eigenvalue weighted by Crippen LogP contribution is -2.51. The number of hydrogen-bond acceptors (Lipinski definition) is 4. The number of carbonyl (C=O) groups excluding carboxylic acids is 1. The molecule has 5 nitrogen and oxygen atoms in total. The van der Waals surface area contributed by atoms with E-state index in [2.05, 4.69) is 24.3 Å². The highest BCUT2D eigenvalue weighted by Gasteiger charge is 2.34. The fourth-order valence-corrected chi connectivity index (χ4v) is 4.31. The molecule has 0 atom stereocenters. The number of thiophene rings is 1. The second-order valence-electron chi connectivity index (χ2n) is 6.64. The van der Waals surface area contributed by atoms with E-state index in [-0.39, 0.29) is 11.4 Å². The van der Waals surface area contributed by atoms with Gasteiger partial charge in [-0.1, -0.05) is 26.7 Å². The predicted molar refractivity (Wildman–Crippen MR) is 90.4 cm³/mol. The van der Waals surface area contributed by atoms with Gasteiger partial charge in [0.05, 0.1) is 16.1 Å². The Balaban J connectivity index is 1.90. The van der Waals surface area contributed by atoms with E-state index >= 15 is 0 Å². The first-order valence-corrected chi connectivity index (χ1v) is 8.76. The lowest BCUT2D eigenvalue weighted by Gasteiger charge is -2.28. The number of amides is 1. The number of rotatable bonds is 4. The topological polar surface area (TPSA) is 72.9 Å². The van der Waals surface area contributed by atoms with Gasteiger partial charge in [-0.2, -0.15) is 5.10 Å². The largest absolute Gasteiger partial charge is 0.345 e. The second-order valence-corrected chi connectivity index (χ2v) is 7.67. The second kappa shape index (κ2) is 5.66. The summed E-state index contributed by atoms with van der Waals surface area (Å²) in [4.78, 5) is 14.5. The van der Waals surface area contributed by atoms with E-state index in [0.29, 0.717) is 12.5 Å². The Bertz CT molecular complexity index is 694. The zero-order valence-corrected chi connectivity index (χ0v) is 14.3. The summed E-state index contributed by atoms with van der Waals surface area (Å²) in [5.74, 6) is 0.350. The quantitative estimate of drug-likeness (QED) is 0.910. The third-order valence-electron chi connectivity index (χ3n) is 4.64. The minimum absolute atomic E-state index is 0.00301. The standard InChI is InChI=1S/C16H24N4OS/c1-10(2)13-11-8-12(22-15(11)20(3)19-13)14(21)18-16(9-17)6-4-5-7-16/h8,10H,4-7,9,17H2,1-3H3,(H,18,21). The van der Waals surface area contributed by atoms with Crippen LogP contribution in [-0.2, 0) is 7.05 Å². The molecule has 22 heavy (non-hydrogen) atoms. The summed E-state index contributed by atoms with van der Waals surface area (Å²) in [7, 11) is 1.94. The molecule has 0 saturated heterocycles. The van der Waals surface area contributed by atoms with Crippen LogP contribution in [0, 0.1) is 0 Å². The van der Waals surface area contributed by atoms with Crippen LogP contribution in [0.3, 0.4) is 0 Å². The molecule has 1 saturated carbocycles.